The molecule has 2 aromatic rings. The van der Waals surface area contributed by atoms with E-state index in [9.17, 15) is 20.4 Å². The Morgan fingerprint density at radius 2 is 2.08 bits per heavy atom. The number of phenols is 1. The first-order valence-electron chi connectivity index (χ1n) is 7.99. The van der Waals surface area contributed by atoms with E-state index in [-0.39, 0.29) is 11.3 Å². The minimum Gasteiger partial charge on any atom is -0.507 e. The number of carbonyl (C=O) groups is 1. The van der Waals surface area contributed by atoms with Gasteiger partial charge in [-0.3, -0.25) is 4.79 Å². The van der Waals surface area contributed by atoms with Crippen LogP contribution in [0.1, 0.15) is 34.4 Å². The van der Waals surface area contributed by atoms with Gasteiger partial charge in [0.25, 0.3) is 5.91 Å². The van der Waals surface area contributed by atoms with Crippen molar-refractivity contribution in [2.45, 2.75) is 25.7 Å². The number of phenolic OH excluding ortho intramolecular Hbond substituents is 1. The van der Waals surface area contributed by atoms with Crippen LogP contribution in [0.4, 0.5) is 5.00 Å². The largest absolute Gasteiger partial charge is 0.507 e. The van der Waals surface area contributed by atoms with Gasteiger partial charge >= 0.3 is 0 Å². The Hall–Kier alpha value is -2.61. The first-order valence-corrected chi connectivity index (χ1v) is 9.60. The van der Waals surface area contributed by atoms with Gasteiger partial charge in [-0.15, -0.1) is 11.3 Å². The highest BCUT2D eigenvalue weighted by atomic mass is 79.9. The Bertz CT molecular complexity index is 995. The number of aromatic hydroxyl groups is 1. The molecule has 0 bridgehead atoms. The Kier molecular flexibility index (Phi) is 5.41. The number of nitriles is 2. The molecule has 1 aromatic carbocycles. The van der Waals surface area contributed by atoms with E-state index >= 15 is 0 Å². The average Bonchev–Trinajstić information content (AvgIpc) is 2.99. The summed E-state index contributed by atoms with van der Waals surface area (Å²) >= 11 is 4.70. The Balaban J connectivity index is 1.91. The second-order valence-electron chi connectivity index (χ2n) is 5.85. The molecule has 26 heavy (non-hydrogen) atoms. The van der Waals surface area contributed by atoms with Crippen molar-refractivity contribution in [3.63, 3.8) is 0 Å². The molecule has 1 aromatic heterocycles. The van der Waals surface area contributed by atoms with Crippen molar-refractivity contribution in [2.75, 3.05) is 5.32 Å². The predicted octanol–water partition coefficient (Wildman–Crippen LogP) is 4.51. The molecule has 0 saturated carbocycles. The lowest BCUT2D eigenvalue weighted by Gasteiger charge is -2.09. The molecule has 0 radical (unpaired) electrons. The number of carbonyl (C=O) groups excluding carboxylic acids is 1. The molecule has 1 amide bonds. The number of rotatable bonds is 3. The van der Waals surface area contributed by atoms with Gasteiger partial charge < -0.3 is 10.4 Å². The predicted molar refractivity (Wildman–Crippen MR) is 104 cm³/mol. The number of anilines is 1. The van der Waals surface area contributed by atoms with Crippen molar-refractivity contribution < 1.29 is 9.90 Å². The van der Waals surface area contributed by atoms with Crippen LogP contribution in [0.15, 0.2) is 28.2 Å². The van der Waals surface area contributed by atoms with Crippen LogP contribution in [0.2, 0.25) is 0 Å². The molecule has 0 aliphatic heterocycles. The number of amides is 1. The maximum absolute atomic E-state index is 12.5. The lowest BCUT2D eigenvalue weighted by Crippen LogP contribution is -2.13. The molecule has 5 nitrogen and oxygen atoms in total. The highest BCUT2D eigenvalue weighted by Crippen LogP contribution is 2.37. The molecule has 7 heteroatoms. The summed E-state index contributed by atoms with van der Waals surface area (Å²) in [5, 5.41) is 31.9. The number of thiophene rings is 1. The van der Waals surface area contributed by atoms with Gasteiger partial charge in [0.1, 0.15) is 28.5 Å². The van der Waals surface area contributed by atoms with Crippen LogP contribution in [0.25, 0.3) is 6.08 Å². The van der Waals surface area contributed by atoms with E-state index in [1.807, 2.05) is 6.07 Å². The molecule has 1 heterocycles. The zero-order valence-corrected chi connectivity index (χ0v) is 16.1. The average molecular weight is 428 g/mol. The van der Waals surface area contributed by atoms with E-state index in [1.165, 1.54) is 23.5 Å². The standard InChI is InChI=1S/C19H14BrN3O2S/c20-13-5-6-16(24)11(8-13)7-12(9-21)18(25)23-19-15(10-22)14-3-1-2-4-17(14)26-19/h5-8,24H,1-4H2,(H,23,25)/b12-7+. The van der Waals surface area contributed by atoms with Crippen LogP contribution < -0.4 is 5.32 Å². The molecule has 130 valence electrons. The van der Waals surface area contributed by atoms with Gasteiger partial charge in [0, 0.05) is 14.9 Å². The summed E-state index contributed by atoms with van der Waals surface area (Å²) in [4.78, 5) is 13.7. The SMILES string of the molecule is N#C/C(=C\c1cc(Br)ccc1O)C(=O)Nc1sc2c(c1C#N)CCCC2. The first-order chi connectivity index (χ1) is 12.5. The molecular formula is C19H14BrN3O2S. The van der Waals surface area contributed by atoms with E-state index in [1.54, 1.807) is 12.1 Å². The summed E-state index contributed by atoms with van der Waals surface area (Å²) in [7, 11) is 0. The normalized spacial score (nSPS) is 13.4. The quantitative estimate of drug-likeness (QED) is 0.555. The van der Waals surface area contributed by atoms with Crippen molar-refractivity contribution in [2.24, 2.45) is 0 Å². The van der Waals surface area contributed by atoms with Crippen LogP contribution in [0.5, 0.6) is 5.75 Å². The Labute approximate surface area is 163 Å². The van der Waals surface area contributed by atoms with Crippen molar-refractivity contribution in [1.82, 2.24) is 0 Å². The third-order valence-corrected chi connectivity index (χ3v) is 5.87. The van der Waals surface area contributed by atoms with Gasteiger partial charge in [-0.05, 0) is 55.5 Å². The molecule has 0 fully saturated rings. The Morgan fingerprint density at radius 1 is 1.31 bits per heavy atom. The molecule has 3 rings (SSSR count). The monoisotopic (exact) mass is 427 g/mol. The van der Waals surface area contributed by atoms with Crippen LogP contribution in [0.3, 0.4) is 0 Å². The minimum absolute atomic E-state index is 0.0296. The molecule has 0 spiro atoms. The summed E-state index contributed by atoms with van der Waals surface area (Å²) in [5.41, 5.74) is 1.73. The fourth-order valence-electron chi connectivity index (χ4n) is 2.89. The summed E-state index contributed by atoms with van der Waals surface area (Å²) < 4.78 is 0.719. The number of nitrogens with one attached hydrogen (secondary N) is 1. The number of hydrogen-bond donors (Lipinski definition) is 2. The zero-order valence-electron chi connectivity index (χ0n) is 13.7. The van der Waals surface area contributed by atoms with E-state index < -0.39 is 5.91 Å². The third-order valence-electron chi connectivity index (χ3n) is 4.16. The van der Waals surface area contributed by atoms with E-state index in [0.29, 0.717) is 16.1 Å². The van der Waals surface area contributed by atoms with Gasteiger partial charge in [-0.1, -0.05) is 15.9 Å². The van der Waals surface area contributed by atoms with Crippen LogP contribution in [-0.4, -0.2) is 11.0 Å². The number of halogens is 1. The van der Waals surface area contributed by atoms with Crippen LogP contribution in [-0.2, 0) is 17.6 Å². The highest BCUT2D eigenvalue weighted by Gasteiger charge is 2.22. The fraction of sp³-hybridized carbons (Fsp3) is 0.211. The van der Waals surface area contributed by atoms with Gasteiger partial charge in [-0.2, -0.15) is 10.5 Å². The molecule has 1 aliphatic carbocycles. The first kappa shape index (κ1) is 18.2. The maximum Gasteiger partial charge on any atom is 0.266 e. The fourth-order valence-corrected chi connectivity index (χ4v) is 4.50. The molecule has 0 saturated heterocycles. The highest BCUT2D eigenvalue weighted by molar-refractivity contribution is 9.10. The van der Waals surface area contributed by atoms with E-state index in [4.69, 9.17) is 0 Å². The van der Waals surface area contributed by atoms with Crippen LogP contribution in [0, 0.1) is 22.7 Å². The second-order valence-corrected chi connectivity index (χ2v) is 7.87. The van der Waals surface area contributed by atoms with Crippen molar-refractivity contribution in [3.8, 4) is 17.9 Å². The van der Waals surface area contributed by atoms with E-state index in [0.717, 1.165) is 40.6 Å². The van der Waals surface area contributed by atoms with E-state index in [2.05, 4.69) is 27.3 Å². The summed E-state index contributed by atoms with van der Waals surface area (Å²) in [6.45, 7) is 0. The minimum atomic E-state index is -0.595. The number of nitrogens with zero attached hydrogens (tertiary/aromatic N) is 2. The maximum atomic E-state index is 12.5. The van der Waals surface area contributed by atoms with Crippen molar-refractivity contribution >= 4 is 44.3 Å². The molecule has 2 N–H and O–H groups in total. The number of fused-ring (bicyclic) bond motifs is 1. The zero-order chi connectivity index (χ0) is 18.7. The lowest BCUT2D eigenvalue weighted by atomic mass is 9.96. The topological polar surface area (TPSA) is 96.9 Å². The second kappa shape index (κ2) is 7.74. The van der Waals surface area contributed by atoms with Crippen molar-refractivity contribution in [3.05, 3.63) is 49.8 Å². The van der Waals surface area contributed by atoms with Gasteiger partial charge in [0.05, 0.1) is 5.56 Å². The number of aryl methyl sites for hydroxylation is 1. The van der Waals surface area contributed by atoms with Gasteiger partial charge in [0.15, 0.2) is 0 Å². The van der Waals surface area contributed by atoms with Crippen molar-refractivity contribution in [1.29, 1.82) is 10.5 Å². The Morgan fingerprint density at radius 3 is 2.81 bits per heavy atom. The molecule has 0 unspecified atom stereocenters. The van der Waals surface area contributed by atoms with Gasteiger partial charge in [0.2, 0.25) is 0 Å². The number of benzene rings is 1. The lowest BCUT2D eigenvalue weighted by molar-refractivity contribution is -0.112. The summed E-state index contributed by atoms with van der Waals surface area (Å²) in [5.74, 6) is -0.625. The number of hydrogen-bond acceptors (Lipinski definition) is 5. The third kappa shape index (κ3) is 3.65. The molecule has 0 atom stereocenters. The molecule has 1 aliphatic rings. The smallest absolute Gasteiger partial charge is 0.266 e. The summed E-state index contributed by atoms with van der Waals surface area (Å²) in [6, 6.07) is 8.79. The molecular weight excluding hydrogens is 414 g/mol. The van der Waals surface area contributed by atoms with Gasteiger partial charge in [-0.25, -0.2) is 0 Å². The van der Waals surface area contributed by atoms with Crippen LogP contribution >= 0.6 is 27.3 Å². The summed E-state index contributed by atoms with van der Waals surface area (Å²) in [6.07, 6.45) is 5.21.